The Balaban J connectivity index is 0.00000405. The maximum Gasteiger partial charge on any atom is 0.243 e. The molecule has 0 aliphatic carbocycles. The number of hydrogen-bond donors (Lipinski definition) is 0. The Morgan fingerprint density at radius 2 is 1.69 bits per heavy atom. The SMILES string of the molecule is COc1ccc(OC)c2sc(N(CCCN3CCOCC3)C(=O)C3CCN(S(=O)(=O)c4ccc(F)cc4)CC3)nc12.Cl. The van der Waals surface area contributed by atoms with Crippen molar-refractivity contribution in [1.82, 2.24) is 14.2 Å². The van der Waals surface area contributed by atoms with Gasteiger partial charge in [0.1, 0.15) is 27.5 Å². The molecule has 0 atom stereocenters. The number of rotatable bonds is 10. The molecule has 42 heavy (non-hydrogen) atoms. The average Bonchev–Trinajstić information content (AvgIpc) is 3.44. The predicted octanol–water partition coefficient (Wildman–Crippen LogP) is 4.03. The van der Waals surface area contributed by atoms with Crippen LogP contribution in [0.3, 0.4) is 0 Å². The Kier molecular flexibility index (Phi) is 11.0. The van der Waals surface area contributed by atoms with E-state index >= 15 is 0 Å². The van der Waals surface area contributed by atoms with Crippen LogP contribution < -0.4 is 14.4 Å². The highest BCUT2D eigenvalue weighted by Crippen LogP contribution is 2.41. The van der Waals surface area contributed by atoms with Crippen molar-refractivity contribution >= 4 is 55.0 Å². The van der Waals surface area contributed by atoms with Gasteiger partial charge in [0.05, 0.1) is 32.3 Å². The number of carbonyl (C=O) groups is 1. The van der Waals surface area contributed by atoms with Crippen molar-refractivity contribution in [2.24, 2.45) is 5.92 Å². The summed E-state index contributed by atoms with van der Waals surface area (Å²) >= 11 is 1.39. The lowest BCUT2D eigenvalue weighted by atomic mass is 9.96. The lowest BCUT2D eigenvalue weighted by Crippen LogP contribution is -2.45. The van der Waals surface area contributed by atoms with E-state index in [4.69, 9.17) is 19.2 Å². The number of anilines is 1. The number of ether oxygens (including phenoxy) is 3. The van der Waals surface area contributed by atoms with Gasteiger partial charge in [-0.25, -0.2) is 17.8 Å². The summed E-state index contributed by atoms with van der Waals surface area (Å²) in [5.74, 6) is 0.344. The number of halogens is 2. The molecule has 10 nitrogen and oxygen atoms in total. The number of hydrogen-bond acceptors (Lipinski definition) is 9. The minimum Gasteiger partial charge on any atom is -0.495 e. The monoisotopic (exact) mass is 642 g/mol. The Bertz CT molecular complexity index is 1420. The molecule has 2 fully saturated rings. The Morgan fingerprint density at radius 3 is 2.33 bits per heavy atom. The molecule has 3 heterocycles. The fraction of sp³-hybridized carbons (Fsp3) is 0.500. The molecular weight excluding hydrogens is 607 g/mol. The molecule has 2 aromatic carbocycles. The third kappa shape index (κ3) is 6.98. The summed E-state index contributed by atoms with van der Waals surface area (Å²) in [7, 11) is -0.592. The van der Waals surface area contributed by atoms with E-state index in [9.17, 15) is 17.6 Å². The third-order valence-electron chi connectivity index (χ3n) is 7.61. The Morgan fingerprint density at radius 1 is 1.05 bits per heavy atom. The van der Waals surface area contributed by atoms with Crippen molar-refractivity contribution in [3.63, 3.8) is 0 Å². The molecule has 0 spiro atoms. The van der Waals surface area contributed by atoms with Crippen LogP contribution in [-0.4, -0.2) is 95.2 Å². The van der Waals surface area contributed by atoms with Gasteiger partial charge in [0, 0.05) is 45.2 Å². The minimum absolute atomic E-state index is 0. The first kappa shape index (κ1) is 32.4. The second-order valence-electron chi connectivity index (χ2n) is 10.1. The van der Waals surface area contributed by atoms with E-state index in [0.29, 0.717) is 54.7 Å². The van der Waals surface area contributed by atoms with Gasteiger partial charge in [-0.15, -0.1) is 12.4 Å². The highest BCUT2D eigenvalue weighted by molar-refractivity contribution is 7.89. The van der Waals surface area contributed by atoms with Gasteiger partial charge < -0.3 is 14.2 Å². The number of carbonyl (C=O) groups excluding carboxylic acids is 1. The van der Waals surface area contributed by atoms with Crippen LogP contribution in [-0.2, 0) is 19.6 Å². The molecule has 0 radical (unpaired) electrons. The van der Waals surface area contributed by atoms with Gasteiger partial charge >= 0.3 is 0 Å². The molecule has 2 aliphatic rings. The van der Waals surface area contributed by atoms with Crippen LogP contribution in [0.15, 0.2) is 41.3 Å². The number of benzene rings is 2. The van der Waals surface area contributed by atoms with Gasteiger partial charge in [-0.3, -0.25) is 14.6 Å². The van der Waals surface area contributed by atoms with Crippen molar-refractivity contribution in [2.75, 3.05) is 71.6 Å². The summed E-state index contributed by atoms with van der Waals surface area (Å²) in [5.41, 5.74) is 0.637. The summed E-state index contributed by atoms with van der Waals surface area (Å²) in [6.45, 7) is 4.88. The molecule has 3 aromatic rings. The molecule has 2 saturated heterocycles. The minimum atomic E-state index is -3.77. The van der Waals surface area contributed by atoms with Crippen LogP contribution in [0.4, 0.5) is 9.52 Å². The molecule has 0 N–H and O–H groups in total. The van der Waals surface area contributed by atoms with E-state index in [2.05, 4.69) is 4.90 Å². The molecule has 2 aliphatic heterocycles. The zero-order chi connectivity index (χ0) is 29.0. The van der Waals surface area contributed by atoms with Crippen LogP contribution in [0.5, 0.6) is 11.5 Å². The van der Waals surface area contributed by atoms with Gasteiger partial charge in [0.25, 0.3) is 0 Å². The summed E-state index contributed by atoms with van der Waals surface area (Å²) < 4.78 is 58.3. The highest BCUT2D eigenvalue weighted by Gasteiger charge is 2.35. The van der Waals surface area contributed by atoms with Gasteiger partial charge in [-0.1, -0.05) is 11.3 Å². The zero-order valence-electron chi connectivity index (χ0n) is 23.7. The van der Waals surface area contributed by atoms with Crippen LogP contribution >= 0.6 is 23.7 Å². The smallest absolute Gasteiger partial charge is 0.243 e. The molecule has 14 heteroatoms. The first-order valence-corrected chi connectivity index (χ1v) is 16.0. The largest absolute Gasteiger partial charge is 0.495 e. The molecule has 0 unspecified atom stereocenters. The number of methoxy groups -OCH3 is 2. The lowest BCUT2D eigenvalue weighted by Gasteiger charge is -2.33. The highest BCUT2D eigenvalue weighted by atomic mass is 35.5. The number of morpholine rings is 1. The number of fused-ring (bicyclic) bond motifs is 1. The van der Waals surface area contributed by atoms with Crippen LogP contribution in [0, 0.1) is 11.7 Å². The summed E-state index contributed by atoms with van der Waals surface area (Å²) in [6, 6.07) is 8.44. The van der Waals surface area contributed by atoms with Gasteiger partial charge in [0.15, 0.2) is 5.13 Å². The molecule has 0 bridgehead atoms. The molecule has 1 amide bonds. The fourth-order valence-electron chi connectivity index (χ4n) is 5.29. The second kappa shape index (κ2) is 14.3. The standard InChI is InChI=1S/C28H35FN4O6S2.ClH/c1-37-23-8-9-24(38-2)26-25(23)30-28(40-26)33(13-3-12-31-16-18-39-19-17-31)27(34)20-10-14-32(15-11-20)41(35,36)22-6-4-21(29)5-7-22;/h4-9,20H,3,10-19H2,1-2H3;1H. The summed E-state index contributed by atoms with van der Waals surface area (Å²) in [6.07, 6.45) is 1.53. The molecule has 0 saturated carbocycles. The number of sulfonamides is 1. The van der Waals surface area contributed by atoms with Crippen molar-refractivity contribution < 1.29 is 31.8 Å². The van der Waals surface area contributed by atoms with Crippen molar-refractivity contribution in [1.29, 1.82) is 0 Å². The fourth-order valence-corrected chi connectivity index (χ4v) is 7.86. The lowest BCUT2D eigenvalue weighted by molar-refractivity contribution is -0.123. The number of amides is 1. The number of piperidine rings is 1. The maximum atomic E-state index is 14.0. The van der Waals surface area contributed by atoms with E-state index in [1.165, 1.54) is 27.8 Å². The zero-order valence-corrected chi connectivity index (χ0v) is 26.1. The third-order valence-corrected chi connectivity index (χ3v) is 10.6. The van der Waals surface area contributed by atoms with Gasteiger partial charge in [-0.2, -0.15) is 4.31 Å². The predicted molar refractivity (Wildman–Crippen MR) is 162 cm³/mol. The maximum absolute atomic E-state index is 14.0. The van der Waals surface area contributed by atoms with Crippen molar-refractivity contribution in [2.45, 2.75) is 24.2 Å². The van der Waals surface area contributed by atoms with Crippen molar-refractivity contribution in [3.8, 4) is 11.5 Å². The average molecular weight is 643 g/mol. The van der Waals surface area contributed by atoms with E-state index < -0.39 is 15.8 Å². The van der Waals surface area contributed by atoms with Crippen LogP contribution in [0.25, 0.3) is 10.2 Å². The Hall–Kier alpha value is -2.55. The second-order valence-corrected chi connectivity index (χ2v) is 13.0. The first-order valence-electron chi connectivity index (χ1n) is 13.7. The molecule has 5 rings (SSSR count). The van der Waals surface area contributed by atoms with E-state index in [-0.39, 0.29) is 42.2 Å². The van der Waals surface area contributed by atoms with E-state index in [1.54, 1.807) is 25.2 Å². The van der Waals surface area contributed by atoms with Crippen LogP contribution in [0.1, 0.15) is 19.3 Å². The molecule has 230 valence electrons. The quantitative estimate of drug-likeness (QED) is 0.327. The number of thiazole rings is 1. The van der Waals surface area contributed by atoms with E-state index in [0.717, 1.165) is 42.9 Å². The summed E-state index contributed by atoms with van der Waals surface area (Å²) in [5, 5.41) is 0.566. The van der Waals surface area contributed by atoms with Gasteiger partial charge in [0.2, 0.25) is 15.9 Å². The van der Waals surface area contributed by atoms with Crippen molar-refractivity contribution in [3.05, 3.63) is 42.2 Å². The normalized spacial score (nSPS) is 17.1. The first-order chi connectivity index (χ1) is 19.8. The Labute approximate surface area is 255 Å². The topological polar surface area (TPSA) is 102 Å². The van der Waals surface area contributed by atoms with Gasteiger partial charge in [-0.05, 0) is 55.7 Å². The number of aromatic nitrogens is 1. The summed E-state index contributed by atoms with van der Waals surface area (Å²) in [4.78, 5) is 23.0. The van der Waals surface area contributed by atoms with E-state index in [1.807, 2.05) is 6.07 Å². The van der Waals surface area contributed by atoms with Crippen LogP contribution in [0.2, 0.25) is 0 Å². The number of nitrogens with zero attached hydrogens (tertiary/aromatic N) is 4. The molecule has 1 aromatic heterocycles. The molecular formula is C28H36ClFN4O6S2.